The first-order valence-corrected chi connectivity index (χ1v) is 26.6. The van der Waals surface area contributed by atoms with Crippen LogP contribution in [0, 0.1) is 94.4 Å². The Kier molecular flexibility index (Phi) is 11.6. The molecule has 3 aromatic heterocycles. The zero-order chi connectivity index (χ0) is 53.0. The molecule has 0 amide bonds. The van der Waals surface area contributed by atoms with Gasteiger partial charge in [0.15, 0.2) is 0 Å². The SMILES string of the molecule is Cc1cc(C)c(-c2ccc3c(c2)c2cc(-c4c(C)cc(C)cc4C)ccc2n3-c2cc(-c3ccc(C#N)cc3)c(-n3c4ccc(-c5c(C)cc(C)cc5C)cc4c4cc(-c5c(C)cc(C)cc5C)ccc43)cn2)c(C)c1. The van der Waals surface area contributed by atoms with Gasteiger partial charge >= 0.3 is 0 Å². The molecule has 3 heterocycles. The average Bonchev–Trinajstić information content (AvgIpc) is 3.87. The summed E-state index contributed by atoms with van der Waals surface area (Å²) in [5, 5.41) is 14.7. The molecule has 0 spiro atoms. The second-order valence-corrected chi connectivity index (χ2v) is 21.9. The Morgan fingerprint density at radius 2 is 0.618 bits per heavy atom. The van der Waals surface area contributed by atoms with Crippen LogP contribution in [-0.4, -0.2) is 14.1 Å². The maximum absolute atomic E-state index is 10.0. The van der Waals surface area contributed by atoms with E-state index in [4.69, 9.17) is 4.98 Å². The zero-order valence-electron chi connectivity index (χ0n) is 45.8. The van der Waals surface area contributed by atoms with Crippen molar-refractivity contribution in [2.24, 2.45) is 0 Å². The Labute approximate surface area is 447 Å². The smallest absolute Gasteiger partial charge is 0.138 e. The highest BCUT2D eigenvalue weighted by Crippen LogP contribution is 2.44. The first-order valence-electron chi connectivity index (χ1n) is 26.6. The number of hydrogen-bond acceptors (Lipinski definition) is 2. The van der Waals surface area contributed by atoms with Gasteiger partial charge in [0.2, 0.25) is 0 Å². The number of fused-ring (bicyclic) bond motifs is 6. The zero-order valence-corrected chi connectivity index (χ0v) is 45.8. The number of nitriles is 1. The fourth-order valence-electron chi connectivity index (χ4n) is 13.4. The molecule has 0 unspecified atom stereocenters. The lowest BCUT2D eigenvalue weighted by Gasteiger charge is -2.17. The van der Waals surface area contributed by atoms with Crippen LogP contribution in [0.5, 0.6) is 0 Å². The van der Waals surface area contributed by atoms with Gasteiger partial charge in [-0.25, -0.2) is 4.98 Å². The molecule has 12 aromatic rings. The van der Waals surface area contributed by atoms with Crippen LogP contribution in [0.15, 0.2) is 158 Å². The minimum absolute atomic E-state index is 0.618. The third kappa shape index (κ3) is 7.93. The molecule has 0 atom stereocenters. The molecule has 0 N–H and O–H groups in total. The first-order chi connectivity index (χ1) is 36.5. The first kappa shape index (κ1) is 48.2. The maximum Gasteiger partial charge on any atom is 0.138 e. The lowest BCUT2D eigenvalue weighted by molar-refractivity contribution is 1.06. The average molecular weight is 983 g/mol. The molecule has 0 saturated heterocycles. The van der Waals surface area contributed by atoms with Crippen LogP contribution >= 0.6 is 0 Å². The molecule has 76 heavy (non-hydrogen) atoms. The van der Waals surface area contributed by atoms with Crippen molar-refractivity contribution in [3.8, 4) is 73.2 Å². The molecular formula is C72H62N4. The molecule has 4 nitrogen and oxygen atoms in total. The topological polar surface area (TPSA) is 46.5 Å². The minimum Gasteiger partial charge on any atom is -0.307 e. The van der Waals surface area contributed by atoms with Crippen LogP contribution in [0.3, 0.4) is 0 Å². The van der Waals surface area contributed by atoms with E-state index >= 15 is 0 Å². The fourth-order valence-corrected chi connectivity index (χ4v) is 13.4. The van der Waals surface area contributed by atoms with Gasteiger partial charge in [0.05, 0.1) is 45.6 Å². The van der Waals surface area contributed by atoms with Crippen molar-refractivity contribution in [1.29, 1.82) is 5.26 Å². The lowest BCUT2D eigenvalue weighted by atomic mass is 9.91. The summed E-state index contributed by atoms with van der Waals surface area (Å²) in [6.45, 7) is 26.5. The standard InChI is InChI=1S/C72H62N4/c1-40-25-44(5)69(45(6)26-40)54-17-21-63-59(33-54)60-34-55(70-46(7)27-41(2)28-47(70)8)18-22-64(60)75(63)67-39-74-68(37-58(67)53-15-13-52(38-73)14-16-53)76-65-23-19-56(71-48(9)29-42(3)30-49(71)10)35-61(65)62-36-57(20-24-66(62)76)72-50(11)31-43(4)32-51(72)12/h13-37,39H,1-12H3. The van der Waals surface area contributed by atoms with Crippen LogP contribution in [0.25, 0.3) is 111 Å². The number of aryl methyl sites for hydroxylation is 12. The Bertz CT molecular complexity index is 4150. The van der Waals surface area contributed by atoms with Gasteiger partial charge in [-0.1, -0.05) is 107 Å². The molecule has 4 heteroatoms. The molecule has 0 aliphatic heterocycles. The molecule has 0 radical (unpaired) electrons. The number of benzene rings is 9. The number of aromatic nitrogens is 3. The summed E-state index contributed by atoms with van der Waals surface area (Å²) in [5.74, 6) is 0.815. The molecule has 0 fully saturated rings. The molecule has 0 bridgehead atoms. The third-order valence-corrected chi connectivity index (χ3v) is 16.1. The molecular weight excluding hydrogens is 921 g/mol. The van der Waals surface area contributed by atoms with Crippen molar-refractivity contribution in [3.63, 3.8) is 0 Å². The van der Waals surface area contributed by atoms with E-state index in [0.29, 0.717) is 5.56 Å². The van der Waals surface area contributed by atoms with Gasteiger partial charge in [-0.05, 0) is 244 Å². The van der Waals surface area contributed by atoms with E-state index in [1.807, 2.05) is 12.1 Å². The Morgan fingerprint density at radius 3 is 0.921 bits per heavy atom. The van der Waals surface area contributed by atoms with Crippen LogP contribution in [-0.2, 0) is 0 Å². The maximum atomic E-state index is 10.0. The molecule has 0 aliphatic carbocycles. The highest BCUT2D eigenvalue weighted by atomic mass is 15.1. The Morgan fingerprint density at radius 1 is 0.329 bits per heavy atom. The van der Waals surface area contributed by atoms with Crippen molar-refractivity contribution in [2.45, 2.75) is 83.1 Å². The van der Waals surface area contributed by atoms with Gasteiger partial charge in [0, 0.05) is 27.1 Å². The number of pyridine rings is 1. The van der Waals surface area contributed by atoms with E-state index in [1.165, 1.54) is 133 Å². The van der Waals surface area contributed by atoms with Crippen molar-refractivity contribution in [1.82, 2.24) is 14.1 Å². The van der Waals surface area contributed by atoms with Gasteiger partial charge in [-0.15, -0.1) is 0 Å². The summed E-state index contributed by atoms with van der Waals surface area (Å²) in [4.78, 5) is 5.53. The van der Waals surface area contributed by atoms with Gasteiger partial charge in [-0.2, -0.15) is 5.26 Å². The third-order valence-electron chi connectivity index (χ3n) is 16.1. The van der Waals surface area contributed by atoms with Gasteiger partial charge in [-0.3, -0.25) is 4.57 Å². The van der Waals surface area contributed by atoms with Crippen LogP contribution in [0.1, 0.15) is 72.3 Å². The van der Waals surface area contributed by atoms with Crippen molar-refractivity contribution in [3.05, 3.63) is 230 Å². The minimum atomic E-state index is 0.618. The van der Waals surface area contributed by atoms with Crippen LogP contribution in [0.2, 0.25) is 0 Å². The van der Waals surface area contributed by atoms with Gasteiger partial charge in [0.1, 0.15) is 5.82 Å². The molecule has 0 saturated carbocycles. The normalized spacial score (nSPS) is 11.7. The van der Waals surface area contributed by atoms with E-state index in [9.17, 15) is 5.26 Å². The van der Waals surface area contributed by atoms with Gasteiger partial charge in [0.25, 0.3) is 0 Å². The van der Waals surface area contributed by atoms with Crippen molar-refractivity contribution in [2.75, 3.05) is 0 Å². The summed E-state index contributed by atoms with van der Waals surface area (Å²) >= 11 is 0. The van der Waals surface area contributed by atoms with Gasteiger partial charge < -0.3 is 4.57 Å². The number of hydrogen-bond donors (Lipinski definition) is 0. The summed E-state index contributed by atoms with van der Waals surface area (Å²) in [7, 11) is 0. The molecule has 0 aliphatic rings. The molecule has 9 aromatic carbocycles. The molecule has 370 valence electrons. The van der Waals surface area contributed by atoms with E-state index < -0.39 is 0 Å². The van der Waals surface area contributed by atoms with E-state index in [-0.39, 0.29) is 0 Å². The van der Waals surface area contributed by atoms with E-state index in [0.717, 1.165) is 44.7 Å². The largest absolute Gasteiger partial charge is 0.307 e. The highest BCUT2D eigenvalue weighted by molar-refractivity contribution is 6.14. The number of nitrogens with zero attached hydrogens (tertiary/aromatic N) is 4. The summed E-state index contributed by atoms with van der Waals surface area (Å²) < 4.78 is 4.76. The van der Waals surface area contributed by atoms with Crippen LogP contribution in [0.4, 0.5) is 0 Å². The predicted octanol–water partition coefficient (Wildman–Crippen LogP) is 19.2. The monoisotopic (exact) mass is 982 g/mol. The summed E-state index contributed by atoms with van der Waals surface area (Å²) in [6.07, 6.45) is 2.07. The second kappa shape index (κ2) is 18.3. The summed E-state index contributed by atoms with van der Waals surface area (Å²) in [5.41, 5.74) is 33.1. The number of rotatable bonds is 7. The highest BCUT2D eigenvalue weighted by Gasteiger charge is 2.23. The van der Waals surface area contributed by atoms with Crippen molar-refractivity contribution >= 4 is 43.6 Å². The van der Waals surface area contributed by atoms with Crippen LogP contribution < -0.4 is 0 Å². The Balaban J connectivity index is 1.14. The van der Waals surface area contributed by atoms with E-state index in [2.05, 4.69) is 244 Å². The molecule has 12 rings (SSSR count). The quantitative estimate of drug-likeness (QED) is 0.160. The lowest BCUT2D eigenvalue weighted by Crippen LogP contribution is -2.03. The predicted molar refractivity (Wildman–Crippen MR) is 322 cm³/mol. The van der Waals surface area contributed by atoms with E-state index in [1.54, 1.807) is 0 Å². The second-order valence-electron chi connectivity index (χ2n) is 21.9. The Hall–Kier alpha value is -8.78. The van der Waals surface area contributed by atoms with Crippen molar-refractivity contribution < 1.29 is 0 Å². The fraction of sp³-hybridized carbons (Fsp3) is 0.167. The summed E-state index contributed by atoms with van der Waals surface area (Å²) in [6, 6.07) is 58.9.